The smallest absolute Gasteiger partial charge is 0.326 e. The van der Waals surface area contributed by atoms with Gasteiger partial charge in [0.15, 0.2) is 0 Å². The number of aryl methyl sites for hydroxylation is 2. The molecule has 0 aliphatic carbocycles. The molecule has 1 unspecified atom stereocenters. The third-order valence-electron chi connectivity index (χ3n) is 3.01. The highest BCUT2D eigenvalue weighted by atomic mass is 16.5. The lowest BCUT2D eigenvalue weighted by Crippen LogP contribution is -2.43. The first kappa shape index (κ1) is 16.5. The number of rotatable bonds is 8. The molecule has 0 saturated heterocycles. The Balaban J connectivity index is 2.67. The molecule has 4 nitrogen and oxygen atoms in total. The molecule has 20 heavy (non-hydrogen) atoms. The number of carbonyl (C=O) groups is 1. The van der Waals surface area contributed by atoms with Gasteiger partial charge >= 0.3 is 5.97 Å². The molecular formula is C16H25NO3. The zero-order chi connectivity index (χ0) is 15.0. The van der Waals surface area contributed by atoms with E-state index in [2.05, 4.69) is 12.2 Å². The summed E-state index contributed by atoms with van der Waals surface area (Å²) in [6.45, 7) is 9.29. The summed E-state index contributed by atoms with van der Waals surface area (Å²) in [5, 5.41) is 3.16. The quantitative estimate of drug-likeness (QED) is 0.743. The summed E-state index contributed by atoms with van der Waals surface area (Å²) in [5.74, 6) is 0.590. The Bertz CT molecular complexity index is 411. The molecule has 0 spiro atoms. The van der Waals surface area contributed by atoms with Crippen LogP contribution in [0.25, 0.3) is 0 Å². The molecule has 4 heteroatoms. The Morgan fingerprint density at radius 2 is 1.90 bits per heavy atom. The lowest BCUT2D eigenvalue weighted by atomic mass is 10.1. The number of esters is 1. The third-order valence-corrected chi connectivity index (χ3v) is 3.01. The Hall–Kier alpha value is -1.55. The summed E-state index contributed by atoms with van der Waals surface area (Å²) in [6.07, 6.45) is 0.958. The summed E-state index contributed by atoms with van der Waals surface area (Å²) in [5.41, 5.74) is 2.14. The normalized spacial score (nSPS) is 12.0. The first-order valence-corrected chi connectivity index (χ1v) is 7.19. The van der Waals surface area contributed by atoms with Gasteiger partial charge in [0.1, 0.15) is 18.4 Å². The largest absolute Gasteiger partial charge is 0.491 e. The molecule has 0 aliphatic heterocycles. The fourth-order valence-electron chi connectivity index (χ4n) is 1.97. The van der Waals surface area contributed by atoms with E-state index in [1.54, 1.807) is 6.92 Å². The number of para-hydroxylation sites is 1. The predicted octanol–water partition coefficient (Wildman–Crippen LogP) is 2.61. The molecule has 0 amide bonds. The molecule has 0 heterocycles. The highest BCUT2D eigenvalue weighted by Crippen LogP contribution is 2.22. The van der Waals surface area contributed by atoms with Crippen molar-refractivity contribution in [2.24, 2.45) is 0 Å². The van der Waals surface area contributed by atoms with Crippen LogP contribution in [0.1, 0.15) is 31.4 Å². The van der Waals surface area contributed by atoms with Gasteiger partial charge in [0.2, 0.25) is 0 Å². The van der Waals surface area contributed by atoms with Gasteiger partial charge in [0, 0.05) is 0 Å². The summed E-state index contributed by atoms with van der Waals surface area (Å²) >= 11 is 0. The topological polar surface area (TPSA) is 47.6 Å². The number of benzene rings is 1. The van der Waals surface area contributed by atoms with Crippen LogP contribution < -0.4 is 10.1 Å². The van der Waals surface area contributed by atoms with Crippen LogP contribution in [0.3, 0.4) is 0 Å². The van der Waals surface area contributed by atoms with E-state index >= 15 is 0 Å². The summed E-state index contributed by atoms with van der Waals surface area (Å²) in [4.78, 5) is 11.9. The van der Waals surface area contributed by atoms with E-state index in [1.165, 1.54) is 0 Å². The molecule has 1 aromatic carbocycles. The van der Waals surface area contributed by atoms with E-state index in [9.17, 15) is 4.79 Å². The van der Waals surface area contributed by atoms with Crippen LogP contribution in [-0.2, 0) is 9.53 Å². The van der Waals surface area contributed by atoms with Gasteiger partial charge in [0.25, 0.3) is 0 Å². The predicted molar refractivity (Wildman–Crippen MR) is 80.1 cm³/mol. The monoisotopic (exact) mass is 279 g/mol. The SMILES string of the molecule is CCCNC(COc1c(C)cccc1C)C(=O)OCC. The van der Waals surface area contributed by atoms with Crippen molar-refractivity contribution in [3.8, 4) is 5.75 Å². The minimum absolute atomic E-state index is 0.257. The molecule has 1 N–H and O–H groups in total. The van der Waals surface area contributed by atoms with Crippen molar-refractivity contribution in [3.63, 3.8) is 0 Å². The maximum absolute atomic E-state index is 11.9. The van der Waals surface area contributed by atoms with Crippen molar-refractivity contribution in [1.29, 1.82) is 0 Å². The molecule has 0 fully saturated rings. The van der Waals surface area contributed by atoms with E-state index in [0.29, 0.717) is 6.61 Å². The minimum atomic E-state index is -0.422. The zero-order valence-corrected chi connectivity index (χ0v) is 12.9. The Morgan fingerprint density at radius 1 is 1.25 bits per heavy atom. The Labute approximate surface area is 121 Å². The number of hydrogen-bond acceptors (Lipinski definition) is 4. The van der Waals surface area contributed by atoms with Crippen molar-refractivity contribution in [3.05, 3.63) is 29.3 Å². The lowest BCUT2D eigenvalue weighted by molar-refractivity contribution is -0.146. The Morgan fingerprint density at radius 3 is 2.45 bits per heavy atom. The molecule has 0 aliphatic rings. The molecule has 1 rings (SSSR count). The van der Waals surface area contributed by atoms with Gasteiger partial charge in [0.05, 0.1) is 6.61 Å². The van der Waals surface area contributed by atoms with Gasteiger partial charge < -0.3 is 14.8 Å². The van der Waals surface area contributed by atoms with E-state index in [-0.39, 0.29) is 12.6 Å². The van der Waals surface area contributed by atoms with E-state index in [0.717, 1.165) is 29.8 Å². The van der Waals surface area contributed by atoms with Crippen LogP contribution in [0.15, 0.2) is 18.2 Å². The second kappa shape index (κ2) is 8.59. The highest BCUT2D eigenvalue weighted by molar-refractivity contribution is 5.76. The molecule has 0 radical (unpaired) electrons. The second-order valence-corrected chi connectivity index (χ2v) is 4.79. The van der Waals surface area contributed by atoms with Crippen molar-refractivity contribution < 1.29 is 14.3 Å². The lowest BCUT2D eigenvalue weighted by Gasteiger charge is -2.19. The highest BCUT2D eigenvalue weighted by Gasteiger charge is 2.20. The minimum Gasteiger partial charge on any atom is -0.491 e. The van der Waals surface area contributed by atoms with Crippen molar-refractivity contribution in [2.75, 3.05) is 19.8 Å². The van der Waals surface area contributed by atoms with Crippen LogP contribution >= 0.6 is 0 Å². The second-order valence-electron chi connectivity index (χ2n) is 4.79. The first-order valence-electron chi connectivity index (χ1n) is 7.19. The zero-order valence-electron chi connectivity index (χ0n) is 12.9. The van der Waals surface area contributed by atoms with E-state index < -0.39 is 6.04 Å². The molecule has 0 bridgehead atoms. The first-order chi connectivity index (χ1) is 9.60. The van der Waals surface area contributed by atoms with Gasteiger partial charge in [-0.3, -0.25) is 4.79 Å². The van der Waals surface area contributed by atoms with Crippen LogP contribution in [0, 0.1) is 13.8 Å². The van der Waals surface area contributed by atoms with Gasteiger partial charge in [-0.25, -0.2) is 0 Å². The van der Waals surface area contributed by atoms with Crippen LogP contribution in [-0.4, -0.2) is 31.8 Å². The van der Waals surface area contributed by atoms with Crippen molar-refractivity contribution >= 4 is 5.97 Å². The number of hydrogen-bond donors (Lipinski definition) is 1. The van der Waals surface area contributed by atoms with Gasteiger partial charge in [-0.2, -0.15) is 0 Å². The summed E-state index contributed by atoms with van der Waals surface area (Å²) < 4.78 is 10.9. The summed E-state index contributed by atoms with van der Waals surface area (Å²) in [6, 6.07) is 5.58. The number of carbonyl (C=O) groups excluding carboxylic acids is 1. The average molecular weight is 279 g/mol. The standard InChI is InChI=1S/C16H25NO3/c1-5-10-17-14(16(18)19-6-2)11-20-15-12(3)8-7-9-13(15)4/h7-9,14,17H,5-6,10-11H2,1-4H3. The molecular weight excluding hydrogens is 254 g/mol. The summed E-state index contributed by atoms with van der Waals surface area (Å²) in [7, 11) is 0. The van der Waals surface area contributed by atoms with Crippen LogP contribution in [0.4, 0.5) is 0 Å². The van der Waals surface area contributed by atoms with E-state index in [4.69, 9.17) is 9.47 Å². The molecule has 0 aromatic heterocycles. The molecule has 1 aromatic rings. The third kappa shape index (κ3) is 4.85. The van der Waals surface area contributed by atoms with Crippen LogP contribution in [0.2, 0.25) is 0 Å². The van der Waals surface area contributed by atoms with Crippen LogP contribution in [0.5, 0.6) is 5.75 Å². The number of ether oxygens (including phenoxy) is 2. The fourth-order valence-corrected chi connectivity index (χ4v) is 1.97. The maximum atomic E-state index is 11.9. The average Bonchev–Trinajstić information content (AvgIpc) is 2.41. The van der Waals surface area contributed by atoms with Gasteiger partial charge in [-0.15, -0.1) is 0 Å². The number of nitrogens with one attached hydrogen (secondary N) is 1. The fraction of sp³-hybridized carbons (Fsp3) is 0.562. The van der Waals surface area contributed by atoms with Gasteiger partial charge in [-0.05, 0) is 44.9 Å². The molecule has 112 valence electrons. The Kier molecular flexibility index (Phi) is 7.09. The van der Waals surface area contributed by atoms with Crippen molar-refractivity contribution in [1.82, 2.24) is 5.32 Å². The van der Waals surface area contributed by atoms with Gasteiger partial charge in [-0.1, -0.05) is 25.1 Å². The van der Waals surface area contributed by atoms with E-state index in [1.807, 2.05) is 32.0 Å². The molecule has 1 atom stereocenters. The molecule has 0 saturated carbocycles. The van der Waals surface area contributed by atoms with Crippen molar-refractivity contribution in [2.45, 2.75) is 40.2 Å². The maximum Gasteiger partial charge on any atom is 0.326 e.